The second-order valence-electron chi connectivity index (χ2n) is 3.73. The van der Waals surface area contributed by atoms with E-state index < -0.39 is 0 Å². The SMILES string of the molecule is CCC(C)C(=O)Nc1c(C)cc(Cl)nc1Cl. The highest BCUT2D eigenvalue weighted by atomic mass is 35.5. The van der Waals surface area contributed by atoms with Crippen LogP contribution in [0.2, 0.25) is 10.3 Å². The van der Waals surface area contributed by atoms with Crippen molar-refractivity contribution in [3.63, 3.8) is 0 Å². The maximum Gasteiger partial charge on any atom is 0.227 e. The number of hydrogen-bond donors (Lipinski definition) is 1. The van der Waals surface area contributed by atoms with Gasteiger partial charge >= 0.3 is 0 Å². The molecule has 0 aliphatic heterocycles. The molecule has 0 fully saturated rings. The number of carbonyl (C=O) groups excluding carboxylic acids is 1. The maximum atomic E-state index is 11.7. The molecule has 1 aromatic heterocycles. The van der Waals surface area contributed by atoms with E-state index in [0.717, 1.165) is 12.0 Å². The Balaban J connectivity index is 2.93. The van der Waals surface area contributed by atoms with Crippen LogP contribution in [0.3, 0.4) is 0 Å². The topological polar surface area (TPSA) is 42.0 Å². The van der Waals surface area contributed by atoms with Crippen LogP contribution in [-0.4, -0.2) is 10.9 Å². The molecule has 1 atom stereocenters. The fraction of sp³-hybridized carbons (Fsp3) is 0.455. The number of anilines is 1. The molecule has 1 heterocycles. The summed E-state index contributed by atoms with van der Waals surface area (Å²) in [6, 6.07) is 1.67. The van der Waals surface area contributed by atoms with Crippen LogP contribution in [0.4, 0.5) is 5.69 Å². The van der Waals surface area contributed by atoms with Crippen LogP contribution in [0.25, 0.3) is 0 Å². The van der Waals surface area contributed by atoms with Gasteiger partial charge in [-0.3, -0.25) is 4.79 Å². The van der Waals surface area contributed by atoms with Gasteiger partial charge in [0.25, 0.3) is 0 Å². The van der Waals surface area contributed by atoms with Gasteiger partial charge in [0.1, 0.15) is 5.15 Å². The van der Waals surface area contributed by atoms with E-state index in [-0.39, 0.29) is 17.0 Å². The molecule has 0 aliphatic carbocycles. The molecule has 3 nitrogen and oxygen atoms in total. The first-order valence-corrected chi connectivity index (χ1v) is 5.84. The molecule has 1 rings (SSSR count). The molecule has 88 valence electrons. The molecule has 1 N–H and O–H groups in total. The van der Waals surface area contributed by atoms with E-state index in [4.69, 9.17) is 23.2 Å². The molecule has 1 aromatic rings. The van der Waals surface area contributed by atoms with Gasteiger partial charge in [0.2, 0.25) is 5.91 Å². The van der Waals surface area contributed by atoms with E-state index in [0.29, 0.717) is 10.8 Å². The van der Waals surface area contributed by atoms with Crippen molar-refractivity contribution in [2.24, 2.45) is 5.92 Å². The second kappa shape index (κ2) is 5.51. The van der Waals surface area contributed by atoms with E-state index in [1.54, 1.807) is 6.07 Å². The average molecular weight is 261 g/mol. The molecule has 16 heavy (non-hydrogen) atoms. The lowest BCUT2D eigenvalue weighted by Crippen LogP contribution is -2.20. The first kappa shape index (κ1) is 13.3. The van der Waals surface area contributed by atoms with Crippen LogP contribution in [0.15, 0.2) is 6.07 Å². The molecular formula is C11H14Cl2N2O. The largest absolute Gasteiger partial charge is 0.323 e. The summed E-state index contributed by atoms with van der Waals surface area (Å²) in [6.45, 7) is 5.65. The van der Waals surface area contributed by atoms with Gasteiger partial charge in [-0.2, -0.15) is 0 Å². The van der Waals surface area contributed by atoms with Crippen LogP contribution in [0.1, 0.15) is 25.8 Å². The molecule has 0 aliphatic rings. The quantitative estimate of drug-likeness (QED) is 0.843. The summed E-state index contributed by atoms with van der Waals surface area (Å²) in [6.07, 6.45) is 0.781. The van der Waals surface area contributed by atoms with Gasteiger partial charge in [-0.1, -0.05) is 37.0 Å². The summed E-state index contributed by atoms with van der Waals surface area (Å²) in [4.78, 5) is 15.6. The zero-order valence-corrected chi connectivity index (χ0v) is 11.0. The lowest BCUT2D eigenvalue weighted by atomic mass is 10.1. The van der Waals surface area contributed by atoms with Gasteiger partial charge < -0.3 is 5.32 Å². The van der Waals surface area contributed by atoms with Crippen molar-refractivity contribution in [3.05, 3.63) is 21.9 Å². The number of amides is 1. The number of hydrogen-bond acceptors (Lipinski definition) is 2. The van der Waals surface area contributed by atoms with Crippen LogP contribution in [0, 0.1) is 12.8 Å². The first-order valence-electron chi connectivity index (χ1n) is 5.09. The van der Waals surface area contributed by atoms with Crippen molar-refractivity contribution < 1.29 is 4.79 Å². The highest BCUT2D eigenvalue weighted by Gasteiger charge is 2.15. The fourth-order valence-corrected chi connectivity index (χ4v) is 1.76. The first-order chi connectivity index (χ1) is 7.45. The summed E-state index contributed by atoms with van der Waals surface area (Å²) in [7, 11) is 0. The van der Waals surface area contributed by atoms with E-state index in [9.17, 15) is 4.79 Å². The van der Waals surface area contributed by atoms with Crippen molar-refractivity contribution in [3.8, 4) is 0 Å². The third-order valence-corrected chi connectivity index (χ3v) is 2.92. The smallest absolute Gasteiger partial charge is 0.227 e. The molecule has 0 aromatic carbocycles. The number of aromatic nitrogens is 1. The number of aryl methyl sites for hydroxylation is 1. The lowest BCUT2D eigenvalue weighted by Gasteiger charge is -2.13. The minimum absolute atomic E-state index is 0.0499. The predicted octanol–water partition coefficient (Wildman–Crippen LogP) is 3.68. The van der Waals surface area contributed by atoms with Gasteiger partial charge in [-0.05, 0) is 25.0 Å². The Morgan fingerprint density at radius 1 is 1.56 bits per heavy atom. The number of carbonyl (C=O) groups is 1. The highest BCUT2D eigenvalue weighted by molar-refractivity contribution is 6.34. The summed E-state index contributed by atoms with van der Waals surface area (Å²) >= 11 is 11.7. The van der Waals surface area contributed by atoms with Crippen molar-refractivity contribution in [2.75, 3.05) is 5.32 Å². The van der Waals surface area contributed by atoms with Crippen LogP contribution >= 0.6 is 23.2 Å². The van der Waals surface area contributed by atoms with Gasteiger partial charge in [0.15, 0.2) is 5.15 Å². The Labute approximate surface area is 105 Å². The summed E-state index contributed by atoms with van der Waals surface area (Å²) in [5, 5.41) is 3.31. The Morgan fingerprint density at radius 3 is 2.69 bits per heavy atom. The molecule has 5 heteroatoms. The lowest BCUT2D eigenvalue weighted by molar-refractivity contribution is -0.119. The summed E-state index contributed by atoms with van der Waals surface area (Å²) in [5.74, 6) is -0.109. The molecule has 0 saturated carbocycles. The predicted molar refractivity (Wildman–Crippen MR) is 67.1 cm³/mol. The fourth-order valence-electron chi connectivity index (χ4n) is 1.18. The number of rotatable bonds is 3. The van der Waals surface area contributed by atoms with Crippen LogP contribution in [-0.2, 0) is 4.79 Å². The van der Waals surface area contributed by atoms with Crippen LogP contribution in [0.5, 0.6) is 0 Å². The van der Waals surface area contributed by atoms with Crippen molar-refractivity contribution in [1.29, 1.82) is 0 Å². The van der Waals surface area contributed by atoms with Gasteiger partial charge in [-0.25, -0.2) is 4.98 Å². The zero-order chi connectivity index (χ0) is 12.3. The number of nitrogens with zero attached hydrogens (tertiary/aromatic N) is 1. The number of pyridine rings is 1. The van der Waals surface area contributed by atoms with E-state index in [1.165, 1.54) is 0 Å². The van der Waals surface area contributed by atoms with E-state index in [1.807, 2.05) is 20.8 Å². The van der Waals surface area contributed by atoms with Crippen molar-refractivity contribution in [1.82, 2.24) is 4.98 Å². The van der Waals surface area contributed by atoms with E-state index in [2.05, 4.69) is 10.3 Å². The van der Waals surface area contributed by atoms with Gasteiger partial charge in [-0.15, -0.1) is 0 Å². The normalized spacial score (nSPS) is 12.3. The van der Waals surface area contributed by atoms with Crippen molar-refractivity contribution >= 4 is 34.8 Å². The standard InChI is InChI=1S/C11H14Cl2N2O/c1-4-6(2)11(16)15-9-7(3)5-8(12)14-10(9)13/h5-6H,4H2,1-3H3,(H,15,16). The van der Waals surface area contributed by atoms with Crippen molar-refractivity contribution in [2.45, 2.75) is 27.2 Å². The Hall–Kier alpha value is -0.800. The van der Waals surface area contributed by atoms with Gasteiger partial charge in [0, 0.05) is 5.92 Å². The maximum absolute atomic E-state index is 11.7. The van der Waals surface area contributed by atoms with Gasteiger partial charge in [0.05, 0.1) is 5.69 Å². The Kier molecular flexibility index (Phi) is 4.56. The highest BCUT2D eigenvalue weighted by Crippen LogP contribution is 2.26. The van der Waals surface area contributed by atoms with Crippen LogP contribution < -0.4 is 5.32 Å². The monoisotopic (exact) mass is 260 g/mol. The zero-order valence-electron chi connectivity index (χ0n) is 9.47. The minimum Gasteiger partial charge on any atom is -0.323 e. The molecule has 1 amide bonds. The Bertz CT molecular complexity index is 384. The molecule has 0 bridgehead atoms. The molecule has 0 radical (unpaired) electrons. The summed E-state index contributed by atoms with van der Waals surface area (Å²) < 4.78 is 0. The second-order valence-corrected chi connectivity index (χ2v) is 4.47. The molecule has 1 unspecified atom stereocenters. The Morgan fingerprint density at radius 2 is 2.19 bits per heavy atom. The molecular weight excluding hydrogens is 247 g/mol. The molecule has 0 spiro atoms. The number of nitrogens with one attached hydrogen (secondary N) is 1. The number of halogens is 2. The average Bonchev–Trinajstić information content (AvgIpc) is 2.21. The molecule has 0 saturated heterocycles. The van der Waals surface area contributed by atoms with E-state index >= 15 is 0 Å². The third kappa shape index (κ3) is 3.09. The summed E-state index contributed by atoms with van der Waals surface area (Å²) in [5.41, 5.74) is 1.35. The minimum atomic E-state index is -0.0587. The third-order valence-electron chi connectivity index (χ3n) is 2.45.